The van der Waals surface area contributed by atoms with E-state index in [9.17, 15) is 9.59 Å². The molecule has 8 heteroatoms. The molecule has 0 unspecified atom stereocenters. The summed E-state index contributed by atoms with van der Waals surface area (Å²) in [7, 11) is 0. The lowest BCUT2D eigenvalue weighted by atomic mass is 10.1. The van der Waals surface area contributed by atoms with Gasteiger partial charge in [0.2, 0.25) is 0 Å². The number of ether oxygens (including phenoxy) is 1. The zero-order chi connectivity index (χ0) is 19.2. The van der Waals surface area contributed by atoms with Crippen LogP contribution < -0.4 is 5.32 Å². The van der Waals surface area contributed by atoms with Crippen LogP contribution >= 0.6 is 0 Å². The molecule has 1 aromatic heterocycles. The van der Waals surface area contributed by atoms with Crippen LogP contribution in [-0.4, -0.2) is 70.6 Å². The fraction of sp³-hybridized carbons (Fsp3) is 0.684. The molecule has 1 N–H and O–H groups in total. The predicted octanol–water partition coefficient (Wildman–Crippen LogP) is 2.44. The Morgan fingerprint density at radius 1 is 1.11 bits per heavy atom. The van der Waals surface area contributed by atoms with Gasteiger partial charge in [-0.05, 0) is 46.0 Å². The third-order valence-corrected chi connectivity index (χ3v) is 5.07. The van der Waals surface area contributed by atoms with E-state index >= 15 is 0 Å². The van der Waals surface area contributed by atoms with Gasteiger partial charge in [0.1, 0.15) is 17.3 Å². The van der Waals surface area contributed by atoms with E-state index in [0.717, 1.165) is 38.8 Å². The van der Waals surface area contributed by atoms with Crippen LogP contribution in [0.1, 0.15) is 55.3 Å². The first-order chi connectivity index (χ1) is 13.1. The second kappa shape index (κ2) is 9.01. The highest BCUT2D eigenvalue weighted by Gasteiger charge is 2.25. The van der Waals surface area contributed by atoms with Gasteiger partial charge in [0.15, 0.2) is 0 Å². The van der Waals surface area contributed by atoms with Gasteiger partial charge in [0.25, 0.3) is 5.91 Å². The van der Waals surface area contributed by atoms with E-state index in [1.807, 2.05) is 18.7 Å². The molecule has 0 spiro atoms. The highest BCUT2D eigenvalue weighted by Crippen LogP contribution is 2.18. The van der Waals surface area contributed by atoms with Crippen LogP contribution in [0.3, 0.4) is 0 Å². The van der Waals surface area contributed by atoms with Crippen LogP contribution in [0.5, 0.6) is 0 Å². The number of hydrogen-bond donors (Lipinski definition) is 1. The summed E-state index contributed by atoms with van der Waals surface area (Å²) in [5.41, 5.74) is 0.454. The Hall–Kier alpha value is -2.38. The Morgan fingerprint density at radius 2 is 1.81 bits per heavy atom. The maximum Gasteiger partial charge on any atom is 0.409 e. The van der Waals surface area contributed by atoms with Gasteiger partial charge in [0.05, 0.1) is 6.61 Å². The van der Waals surface area contributed by atoms with Crippen molar-refractivity contribution in [3.05, 3.63) is 17.6 Å². The number of aryl methyl sites for hydroxylation is 1. The SMILES string of the molecule is CCOC(=O)N1CCC(Nc2cc(C(=O)N3CCCCC3)nc(C)n2)CC1. The largest absolute Gasteiger partial charge is 0.450 e. The van der Waals surface area contributed by atoms with Gasteiger partial charge in [-0.1, -0.05) is 0 Å². The average molecular weight is 375 g/mol. The van der Waals surface area contributed by atoms with Crippen molar-refractivity contribution in [2.24, 2.45) is 0 Å². The van der Waals surface area contributed by atoms with Crippen LogP contribution in [-0.2, 0) is 4.74 Å². The van der Waals surface area contributed by atoms with Crippen molar-refractivity contribution in [2.75, 3.05) is 38.1 Å². The number of likely N-dealkylation sites (tertiary alicyclic amines) is 2. The van der Waals surface area contributed by atoms with Crippen LogP contribution in [0.25, 0.3) is 0 Å². The average Bonchev–Trinajstić information content (AvgIpc) is 2.68. The summed E-state index contributed by atoms with van der Waals surface area (Å²) in [6.07, 6.45) is 4.68. The van der Waals surface area contributed by atoms with E-state index in [2.05, 4.69) is 15.3 Å². The van der Waals surface area contributed by atoms with Crippen molar-refractivity contribution in [3.63, 3.8) is 0 Å². The summed E-state index contributed by atoms with van der Waals surface area (Å²) >= 11 is 0. The zero-order valence-electron chi connectivity index (χ0n) is 16.2. The number of anilines is 1. The summed E-state index contributed by atoms with van der Waals surface area (Å²) < 4.78 is 5.05. The third-order valence-electron chi connectivity index (χ3n) is 5.07. The minimum absolute atomic E-state index is 0.0135. The third kappa shape index (κ3) is 5.08. The molecular weight excluding hydrogens is 346 g/mol. The maximum absolute atomic E-state index is 12.7. The standard InChI is InChI=1S/C19H29N5O3/c1-3-27-19(26)24-11-7-15(8-12-24)22-17-13-16(20-14(2)21-17)18(25)23-9-5-4-6-10-23/h13,15H,3-12H2,1-2H3,(H,20,21,22). The normalized spacial score (nSPS) is 18.3. The number of nitrogens with zero attached hydrogens (tertiary/aromatic N) is 4. The van der Waals surface area contributed by atoms with Gasteiger partial charge >= 0.3 is 6.09 Å². The molecule has 3 heterocycles. The van der Waals surface area contributed by atoms with Crippen molar-refractivity contribution >= 4 is 17.8 Å². The van der Waals surface area contributed by atoms with Gasteiger partial charge in [-0.25, -0.2) is 14.8 Å². The molecule has 2 saturated heterocycles. The first kappa shape index (κ1) is 19.4. The second-order valence-electron chi connectivity index (χ2n) is 7.14. The summed E-state index contributed by atoms with van der Waals surface area (Å²) in [6.45, 7) is 6.92. The molecule has 1 aromatic rings. The van der Waals surface area contributed by atoms with E-state index in [-0.39, 0.29) is 18.0 Å². The van der Waals surface area contributed by atoms with Crippen molar-refractivity contribution in [3.8, 4) is 0 Å². The maximum atomic E-state index is 12.7. The topological polar surface area (TPSA) is 87.7 Å². The van der Waals surface area contributed by atoms with Crippen molar-refractivity contribution < 1.29 is 14.3 Å². The van der Waals surface area contributed by atoms with E-state index in [0.29, 0.717) is 37.0 Å². The number of rotatable bonds is 4. The van der Waals surface area contributed by atoms with Crippen LogP contribution in [0, 0.1) is 6.92 Å². The molecular formula is C19H29N5O3. The van der Waals surface area contributed by atoms with E-state index in [1.165, 1.54) is 6.42 Å². The van der Waals surface area contributed by atoms with Gasteiger partial charge < -0.3 is 19.9 Å². The Balaban J connectivity index is 1.60. The number of amides is 2. The first-order valence-corrected chi connectivity index (χ1v) is 9.90. The summed E-state index contributed by atoms with van der Waals surface area (Å²) in [5, 5.41) is 3.41. The van der Waals surface area contributed by atoms with Crippen molar-refractivity contribution in [1.82, 2.24) is 19.8 Å². The van der Waals surface area contributed by atoms with E-state index in [4.69, 9.17) is 4.74 Å². The molecule has 0 radical (unpaired) electrons. The quantitative estimate of drug-likeness (QED) is 0.870. The molecule has 27 heavy (non-hydrogen) atoms. The smallest absolute Gasteiger partial charge is 0.409 e. The zero-order valence-corrected chi connectivity index (χ0v) is 16.2. The number of carbonyl (C=O) groups excluding carboxylic acids is 2. The number of aromatic nitrogens is 2. The predicted molar refractivity (Wildman–Crippen MR) is 102 cm³/mol. The molecule has 0 aliphatic carbocycles. The minimum Gasteiger partial charge on any atom is -0.450 e. The Bertz CT molecular complexity index is 667. The molecule has 2 aliphatic heterocycles. The van der Waals surface area contributed by atoms with Crippen LogP contribution in [0.4, 0.5) is 10.6 Å². The Morgan fingerprint density at radius 3 is 2.48 bits per heavy atom. The Labute approximate surface area is 160 Å². The fourth-order valence-electron chi connectivity index (χ4n) is 3.64. The van der Waals surface area contributed by atoms with Gasteiger partial charge in [-0.3, -0.25) is 4.79 Å². The molecule has 2 fully saturated rings. The molecule has 3 rings (SSSR count). The number of nitrogens with one attached hydrogen (secondary N) is 1. The molecule has 0 saturated carbocycles. The highest BCUT2D eigenvalue weighted by molar-refractivity contribution is 5.93. The molecule has 0 atom stereocenters. The Kier molecular flexibility index (Phi) is 6.47. The molecule has 8 nitrogen and oxygen atoms in total. The molecule has 2 aliphatic rings. The van der Waals surface area contributed by atoms with Crippen molar-refractivity contribution in [2.45, 2.75) is 52.0 Å². The molecule has 0 bridgehead atoms. The van der Waals surface area contributed by atoms with Gasteiger partial charge in [-0.15, -0.1) is 0 Å². The monoisotopic (exact) mass is 375 g/mol. The lowest BCUT2D eigenvalue weighted by Gasteiger charge is -2.32. The van der Waals surface area contributed by atoms with Gasteiger partial charge in [0, 0.05) is 38.3 Å². The van der Waals surface area contributed by atoms with Crippen LogP contribution in [0.2, 0.25) is 0 Å². The molecule has 148 valence electrons. The molecule has 2 amide bonds. The first-order valence-electron chi connectivity index (χ1n) is 9.90. The lowest BCUT2D eigenvalue weighted by molar-refractivity contribution is 0.0717. The summed E-state index contributed by atoms with van der Waals surface area (Å²) in [5.74, 6) is 1.25. The van der Waals surface area contributed by atoms with Crippen LogP contribution in [0.15, 0.2) is 6.07 Å². The summed E-state index contributed by atoms with van der Waals surface area (Å²) in [4.78, 5) is 36.9. The number of hydrogen-bond acceptors (Lipinski definition) is 6. The lowest BCUT2D eigenvalue weighted by Crippen LogP contribution is -2.42. The van der Waals surface area contributed by atoms with E-state index < -0.39 is 0 Å². The second-order valence-corrected chi connectivity index (χ2v) is 7.14. The fourth-order valence-corrected chi connectivity index (χ4v) is 3.64. The number of carbonyl (C=O) groups is 2. The molecule has 0 aromatic carbocycles. The van der Waals surface area contributed by atoms with E-state index in [1.54, 1.807) is 11.0 Å². The summed E-state index contributed by atoms with van der Waals surface area (Å²) in [6, 6.07) is 1.96. The van der Waals surface area contributed by atoms with Crippen molar-refractivity contribution in [1.29, 1.82) is 0 Å². The minimum atomic E-state index is -0.247. The van der Waals surface area contributed by atoms with Gasteiger partial charge in [-0.2, -0.15) is 0 Å². The number of piperidine rings is 2. The highest BCUT2D eigenvalue weighted by atomic mass is 16.6.